The molecule has 2 aromatic rings. The molecule has 0 fully saturated rings. The molecule has 2 aromatic carbocycles. The van der Waals surface area contributed by atoms with Crippen LogP contribution in [0.4, 0.5) is 0 Å². The first kappa shape index (κ1) is 37.7. The van der Waals surface area contributed by atoms with E-state index in [1.54, 1.807) is 6.07 Å². The summed E-state index contributed by atoms with van der Waals surface area (Å²) in [5.41, 5.74) is 0. The average molecular weight is 625 g/mol. The first-order valence-electron chi connectivity index (χ1n) is 16.6. The van der Waals surface area contributed by atoms with Crippen molar-refractivity contribution in [2.45, 2.75) is 104 Å². The van der Waals surface area contributed by atoms with Crippen LogP contribution in [0, 0.1) is 0 Å². The quantitative estimate of drug-likeness (QED) is 0.0368. The fraction of sp³-hybridized carbons (Fsp3) is 0.706. The Kier molecular flexibility index (Phi) is 22.6. The van der Waals surface area contributed by atoms with Crippen molar-refractivity contribution in [3.05, 3.63) is 42.5 Å². The predicted octanol–water partition coefficient (Wildman–Crippen LogP) is 9.84. The van der Waals surface area contributed by atoms with Gasteiger partial charge in [0.15, 0.2) is 5.75 Å². The van der Waals surface area contributed by atoms with Crippen LogP contribution >= 0.6 is 7.82 Å². The van der Waals surface area contributed by atoms with E-state index in [0.29, 0.717) is 38.8 Å². The van der Waals surface area contributed by atoms with Gasteiger partial charge in [0.1, 0.15) is 0 Å². The molecule has 43 heavy (non-hydrogen) atoms. The van der Waals surface area contributed by atoms with Gasteiger partial charge in [0.05, 0.1) is 46.2 Å². The fourth-order valence-electron chi connectivity index (χ4n) is 4.70. The SMILES string of the molecule is CCCCCCCCCCCCCCCCOP(=O)(OCCOCCOCCOCC)OOc1cccc2ccccc12. The Morgan fingerprint density at radius 2 is 1.05 bits per heavy atom. The maximum atomic E-state index is 13.4. The van der Waals surface area contributed by atoms with E-state index >= 15 is 0 Å². The maximum absolute atomic E-state index is 13.4. The van der Waals surface area contributed by atoms with Gasteiger partial charge in [0, 0.05) is 12.0 Å². The molecule has 1 atom stereocenters. The number of fused-ring (bicyclic) bond motifs is 1. The Balaban J connectivity index is 1.65. The highest BCUT2D eigenvalue weighted by Gasteiger charge is 2.29. The lowest BCUT2D eigenvalue weighted by atomic mass is 10.0. The van der Waals surface area contributed by atoms with Crippen molar-refractivity contribution in [2.24, 2.45) is 0 Å². The molecule has 0 amide bonds. The van der Waals surface area contributed by atoms with Gasteiger partial charge < -0.3 is 19.1 Å². The van der Waals surface area contributed by atoms with Crippen LogP contribution in [-0.4, -0.2) is 52.9 Å². The predicted molar refractivity (Wildman–Crippen MR) is 174 cm³/mol. The lowest BCUT2D eigenvalue weighted by Crippen LogP contribution is -2.12. The zero-order valence-corrected chi connectivity index (χ0v) is 27.7. The van der Waals surface area contributed by atoms with Gasteiger partial charge in [-0.15, -0.1) is 0 Å². The van der Waals surface area contributed by atoms with E-state index < -0.39 is 7.82 Å². The molecule has 0 aliphatic rings. The lowest BCUT2D eigenvalue weighted by Gasteiger charge is -2.17. The second kappa shape index (κ2) is 25.8. The van der Waals surface area contributed by atoms with E-state index in [2.05, 4.69) is 6.92 Å². The third-order valence-electron chi connectivity index (χ3n) is 7.14. The zero-order chi connectivity index (χ0) is 30.7. The van der Waals surface area contributed by atoms with Crippen molar-refractivity contribution >= 4 is 18.6 Å². The number of rotatable bonds is 30. The number of hydrogen-bond donors (Lipinski definition) is 0. The Morgan fingerprint density at radius 1 is 0.535 bits per heavy atom. The summed E-state index contributed by atoms with van der Waals surface area (Å²) in [4.78, 5) is 5.52. The summed E-state index contributed by atoms with van der Waals surface area (Å²) in [6, 6.07) is 13.3. The van der Waals surface area contributed by atoms with Crippen LogP contribution in [0.3, 0.4) is 0 Å². The molecule has 0 aliphatic carbocycles. The molecule has 1 unspecified atom stereocenters. The summed E-state index contributed by atoms with van der Waals surface area (Å²) in [5, 5.41) is 1.83. The van der Waals surface area contributed by atoms with Crippen LogP contribution in [-0.2, 0) is 32.5 Å². The highest BCUT2D eigenvalue weighted by molar-refractivity contribution is 7.48. The Bertz CT molecular complexity index is 967. The van der Waals surface area contributed by atoms with Crippen LogP contribution < -0.4 is 4.89 Å². The van der Waals surface area contributed by atoms with E-state index in [1.807, 2.05) is 43.3 Å². The van der Waals surface area contributed by atoms with Gasteiger partial charge in [-0.3, -0.25) is 9.05 Å². The van der Waals surface area contributed by atoms with Crippen LogP contribution in [0.1, 0.15) is 104 Å². The van der Waals surface area contributed by atoms with Gasteiger partial charge >= 0.3 is 7.82 Å². The lowest BCUT2D eigenvalue weighted by molar-refractivity contribution is -0.132. The van der Waals surface area contributed by atoms with Gasteiger partial charge in [0.25, 0.3) is 0 Å². The maximum Gasteiger partial charge on any atom is 0.511 e. The number of phosphoric acid groups is 1. The smallest absolute Gasteiger partial charge is 0.379 e. The van der Waals surface area contributed by atoms with E-state index in [9.17, 15) is 4.57 Å². The van der Waals surface area contributed by atoms with Crippen LogP contribution in [0.5, 0.6) is 5.75 Å². The third-order valence-corrected chi connectivity index (χ3v) is 8.40. The number of hydrogen-bond acceptors (Lipinski definition) is 8. The largest absolute Gasteiger partial charge is 0.511 e. The minimum absolute atomic E-state index is 0.0356. The normalized spacial score (nSPS) is 13.0. The molecule has 0 heterocycles. The van der Waals surface area contributed by atoms with Gasteiger partial charge in [-0.25, -0.2) is 4.57 Å². The van der Waals surface area contributed by atoms with E-state index in [4.69, 9.17) is 32.8 Å². The van der Waals surface area contributed by atoms with Crippen LogP contribution in [0.25, 0.3) is 10.8 Å². The second-order valence-corrected chi connectivity index (χ2v) is 12.3. The molecular weight excluding hydrogens is 567 g/mol. The molecule has 0 spiro atoms. The number of unbranched alkanes of at least 4 members (excludes halogenated alkanes) is 13. The van der Waals surface area contributed by atoms with Crippen molar-refractivity contribution in [3.8, 4) is 5.75 Å². The summed E-state index contributed by atoms with van der Waals surface area (Å²) in [7, 11) is -3.97. The van der Waals surface area contributed by atoms with Gasteiger partial charge in [-0.05, 0) is 24.8 Å². The standard InChI is InChI=1S/C34H57O8P/c1-3-5-6-7-8-9-10-11-12-13-14-15-16-19-25-39-43(35,40-31-30-38-29-28-37-27-26-36-4-2)42-41-34-24-20-22-32-21-17-18-23-33(32)34/h17-18,20-24H,3-16,19,25-31H2,1-2H3. The van der Waals surface area contributed by atoms with E-state index in [0.717, 1.165) is 30.0 Å². The number of phosphoric ester groups is 1. The summed E-state index contributed by atoms with van der Waals surface area (Å²) >= 11 is 0. The average Bonchev–Trinajstić information content (AvgIpc) is 3.03. The highest BCUT2D eigenvalue weighted by Crippen LogP contribution is 2.50. The van der Waals surface area contributed by atoms with Crippen molar-refractivity contribution in [2.75, 3.05) is 52.9 Å². The highest BCUT2D eigenvalue weighted by atomic mass is 31.2. The Hall–Kier alpha value is -1.51. The monoisotopic (exact) mass is 624 g/mol. The van der Waals surface area contributed by atoms with Gasteiger partial charge in [-0.1, -0.05) is 131 Å². The first-order chi connectivity index (χ1) is 21.2. The first-order valence-corrected chi connectivity index (χ1v) is 18.1. The second-order valence-electron chi connectivity index (χ2n) is 10.8. The molecule has 2 rings (SSSR count). The molecule has 0 N–H and O–H groups in total. The minimum Gasteiger partial charge on any atom is -0.379 e. The molecular formula is C34H57O8P. The number of benzene rings is 2. The molecule has 0 saturated carbocycles. The molecule has 8 nitrogen and oxygen atoms in total. The van der Waals surface area contributed by atoms with E-state index in [1.165, 1.54) is 70.6 Å². The molecule has 0 bridgehead atoms. The van der Waals surface area contributed by atoms with Crippen molar-refractivity contribution in [3.63, 3.8) is 0 Å². The zero-order valence-electron chi connectivity index (χ0n) is 26.8. The molecule has 246 valence electrons. The number of ether oxygens (including phenoxy) is 3. The van der Waals surface area contributed by atoms with Gasteiger partial charge in [0.2, 0.25) is 0 Å². The minimum atomic E-state index is -3.97. The van der Waals surface area contributed by atoms with Crippen molar-refractivity contribution < 1.29 is 37.4 Å². The molecule has 9 heteroatoms. The third kappa shape index (κ3) is 18.8. The fourth-order valence-corrected chi connectivity index (χ4v) is 5.68. The molecule has 0 aromatic heterocycles. The van der Waals surface area contributed by atoms with Crippen LogP contribution in [0.15, 0.2) is 42.5 Å². The van der Waals surface area contributed by atoms with Crippen molar-refractivity contribution in [1.82, 2.24) is 0 Å². The molecule has 0 radical (unpaired) electrons. The van der Waals surface area contributed by atoms with Crippen LogP contribution in [0.2, 0.25) is 0 Å². The van der Waals surface area contributed by atoms with Crippen molar-refractivity contribution in [1.29, 1.82) is 0 Å². The molecule has 0 aliphatic heterocycles. The summed E-state index contributed by atoms with van der Waals surface area (Å²) in [6.45, 7) is 7.33. The summed E-state index contributed by atoms with van der Waals surface area (Å²) in [6.07, 6.45) is 17.7. The summed E-state index contributed by atoms with van der Waals surface area (Å²) in [5.74, 6) is 0.447. The Labute approximate surface area is 260 Å². The molecule has 0 saturated heterocycles. The summed E-state index contributed by atoms with van der Waals surface area (Å²) < 4.78 is 46.1. The topological polar surface area (TPSA) is 81.7 Å². The Morgan fingerprint density at radius 3 is 1.67 bits per heavy atom. The van der Waals surface area contributed by atoms with Gasteiger partial charge in [-0.2, -0.15) is 0 Å². The van der Waals surface area contributed by atoms with E-state index in [-0.39, 0.29) is 19.8 Å².